The summed E-state index contributed by atoms with van der Waals surface area (Å²) < 4.78 is 7.25. The Balaban J connectivity index is 1.80. The van der Waals surface area contributed by atoms with Crippen LogP contribution in [0.4, 0.5) is 0 Å². The standard InChI is InChI=1S/C16H15Br2NO2S/c1-22-13-5-2-11(3-6-13)9-19-16(20)10-21-15-7-4-12(17)8-14(15)18/h2-8H,9-10H2,1H3,(H,19,20). The minimum Gasteiger partial charge on any atom is -0.483 e. The number of carbonyl (C=O) groups excluding carboxylic acids is 1. The van der Waals surface area contributed by atoms with Gasteiger partial charge in [0.2, 0.25) is 0 Å². The predicted molar refractivity (Wildman–Crippen MR) is 97.4 cm³/mol. The first-order chi connectivity index (χ1) is 10.6. The van der Waals surface area contributed by atoms with Gasteiger partial charge in [0.05, 0.1) is 4.47 Å². The molecule has 1 N–H and O–H groups in total. The van der Waals surface area contributed by atoms with E-state index < -0.39 is 0 Å². The van der Waals surface area contributed by atoms with Gasteiger partial charge in [-0.15, -0.1) is 11.8 Å². The second-order valence-electron chi connectivity index (χ2n) is 4.49. The first kappa shape index (κ1) is 17.4. The summed E-state index contributed by atoms with van der Waals surface area (Å²) in [5, 5.41) is 2.84. The number of nitrogens with one attached hydrogen (secondary N) is 1. The highest BCUT2D eigenvalue weighted by atomic mass is 79.9. The highest BCUT2D eigenvalue weighted by Gasteiger charge is 2.06. The second kappa shape index (κ2) is 8.60. The maximum absolute atomic E-state index is 11.8. The van der Waals surface area contributed by atoms with Crippen LogP contribution in [0.5, 0.6) is 5.75 Å². The van der Waals surface area contributed by atoms with Crippen molar-refractivity contribution in [2.75, 3.05) is 12.9 Å². The van der Waals surface area contributed by atoms with Crippen molar-refractivity contribution in [1.29, 1.82) is 0 Å². The summed E-state index contributed by atoms with van der Waals surface area (Å²) in [5.41, 5.74) is 1.07. The van der Waals surface area contributed by atoms with Gasteiger partial charge in [0.1, 0.15) is 5.75 Å². The van der Waals surface area contributed by atoms with Gasteiger partial charge >= 0.3 is 0 Å². The monoisotopic (exact) mass is 443 g/mol. The molecule has 0 saturated carbocycles. The molecule has 0 heterocycles. The SMILES string of the molecule is CSc1ccc(CNC(=O)COc2ccc(Br)cc2Br)cc1. The van der Waals surface area contributed by atoms with Gasteiger partial charge in [-0.3, -0.25) is 4.79 Å². The largest absolute Gasteiger partial charge is 0.483 e. The zero-order valence-corrected chi connectivity index (χ0v) is 15.9. The van der Waals surface area contributed by atoms with Crippen molar-refractivity contribution in [3.8, 4) is 5.75 Å². The Hall–Kier alpha value is -0.980. The van der Waals surface area contributed by atoms with Crippen LogP contribution in [0.1, 0.15) is 5.56 Å². The van der Waals surface area contributed by atoms with Crippen molar-refractivity contribution in [3.05, 3.63) is 57.0 Å². The molecule has 0 radical (unpaired) electrons. The van der Waals surface area contributed by atoms with E-state index in [1.807, 2.05) is 48.7 Å². The Bertz CT molecular complexity index is 647. The van der Waals surface area contributed by atoms with Crippen LogP contribution in [0.2, 0.25) is 0 Å². The number of carbonyl (C=O) groups is 1. The smallest absolute Gasteiger partial charge is 0.258 e. The molecule has 2 rings (SSSR count). The van der Waals surface area contributed by atoms with Crippen LogP contribution in [0, 0.1) is 0 Å². The molecule has 2 aromatic rings. The van der Waals surface area contributed by atoms with E-state index in [-0.39, 0.29) is 12.5 Å². The van der Waals surface area contributed by atoms with Gasteiger partial charge in [0.25, 0.3) is 5.91 Å². The van der Waals surface area contributed by atoms with Crippen LogP contribution < -0.4 is 10.1 Å². The highest BCUT2D eigenvalue weighted by Crippen LogP contribution is 2.28. The fourth-order valence-electron chi connectivity index (χ4n) is 1.73. The van der Waals surface area contributed by atoms with E-state index in [9.17, 15) is 4.79 Å². The number of thioether (sulfide) groups is 1. The predicted octanol–water partition coefficient (Wildman–Crippen LogP) is 4.63. The van der Waals surface area contributed by atoms with Crippen LogP contribution >= 0.6 is 43.6 Å². The Morgan fingerprint density at radius 1 is 1.18 bits per heavy atom. The van der Waals surface area contributed by atoms with E-state index >= 15 is 0 Å². The van der Waals surface area contributed by atoms with Gasteiger partial charge in [0.15, 0.2) is 6.61 Å². The number of benzene rings is 2. The molecule has 0 aliphatic carbocycles. The molecule has 0 aromatic heterocycles. The van der Waals surface area contributed by atoms with Crippen molar-refractivity contribution in [2.45, 2.75) is 11.4 Å². The Morgan fingerprint density at radius 2 is 1.91 bits per heavy atom. The summed E-state index contributed by atoms with van der Waals surface area (Å²) in [6.07, 6.45) is 2.04. The van der Waals surface area contributed by atoms with Crippen LogP contribution in [0.15, 0.2) is 56.3 Å². The summed E-state index contributed by atoms with van der Waals surface area (Å²) in [7, 11) is 0. The first-order valence-corrected chi connectivity index (χ1v) is 9.37. The minimum absolute atomic E-state index is 0.0108. The van der Waals surface area contributed by atoms with Crippen LogP contribution in [0.25, 0.3) is 0 Å². The fourth-order valence-corrected chi connectivity index (χ4v) is 3.30. The van der Waals surface area contributed by atoms with Gasteiger partial charge in [-0.25, -0.2) is 0 Å². The normalized spacial score (nSPS) is 10.3. The molecule has 0 atom stereocenters. The molecule has 0 aliphatic rings. The average molecular weight is 445 g/mol. The second-order valence-corrected chi connectivity index (χ2v) is 7.14. The van der Waals surface area contributed by atoms with Crippen molar-refractivity contribution in [2.24, 2.45) is 0 Å². The van der Waals surface area contributed by atoms with E-state index in [4.69, 9.17) is 4.74 Å². The third-order valence-electron chi connectivity index (χ3n) is 2.90. The molecule has 0 fully saturated rings. The van der Waals surface area contributed by atoms with Crippen molar-refractivity contribution >= 4 is 49.5 Å². The van der Waals surface area contributed by atoms with Crippen molar-refractivity contribution in [1.82, 2.24) is 5.32 Å². The van der Waals surface area contributed by atoms with Crippen LogP contribution in [-0.2, 0) is 11.3 Å². The molecule has 1 amide bonds. The molecule has 0 bridgehead atoms. The summed E-state index contributed by atoms with van der Waals surface area (Å²) in [4.78, 5) is 13.0. The van der Waals surface area contributed by atoms with Crippen molar-refractivity contribution < 1.29 is 9.53 Å². The maximum Gasteiger partial charge on any atom is 0.258 e. The number of hydrogen-bond donors (Lipinski definition) is 1. The molecular formula is C16H15Br2NO2S. The third kappa shape index (κ3) is 5.34. The molecule has 3 nitrogen and oxygen atoms in total. The quantitative estimate of drug-likeness (QED) is 0.660. The van der Waals surface area contributed by atoms with E-state index in [0.717, 1.165) is 14.5 Å². The lowest BCUT2D eigenvalue weighted by molar-refractivity contribution is -0.123. The van der Waals surface area contributed by atoms with E-state index in [1.165, 1.54) is 4.90 Å². The molecule has 0 unspecified atom stereocenters. The first-order valence-electron chi connectivity index (χ1n) is 6.56. The topological polar surface area (TPSA) is 38.3 Å². The highest BCUT2D eigenvalue weighted by molar-refractivity contribution is 9.11. The molecular weight excluding hydrogens is 430 g/mol. The lowest BCUT2D eigenvalue weighted by atomic mass is 10.2. The average Bonchev–Trinajstić information content (AvgIpc) is 2.52. The lowest BCUT2D eigenvalue weighted by Gasteiger charge is -2.09. The molecule has 116 valence electrons. The number of halogens is 2. The molecule has 6 heteroatoms. The number of amides is 1. The molecule has 0 spiro atoms. The summed E-state index contributed by atoms with van der Waals surface area (Å²) in [6, 6.07) is 13.7. The van der Waals surface area contributed by atoms with Gasteiger partial charge in [0, 0.05) is 15.9 Å². The van der Waals surface area contributed by atoms with Gasteiger partial charge < -0.3 is 10.1 Å². The lowest BCUT2D eigenvalue weighted by Crippen LogP contribution is -2.28. The molecule has 0 aliphatic heterocycles. The van der Waals surface area contributed by atoms with E-state index in [0.29, 0.717) is 12.3 Å². The summed E-state index contributed by atoms with van der Waals surface area (Å²) in [5.74, 6) is 0.492. The molecule has 2 aromatic carbocycles. The van der Waals surface area contributed by atoms with Gasteiger partial charge in [-0.2, -0.15) is 0 Å². The van der Waals surface area contributed by atoms with Gasteiger partial charge in [-0.1, -0.05) is 28.1 Å². The number of rotatable bonds is 6. The Kier molecular flexibility index (Phi) is 6.79. The third-order valence-corrected chi connectivity index (χ3v) is 4.76. The zero-order chi connectivity index (χ0) is 15.9. The molecule has 22 heavy (non-hydrogen) atoms. The molecule has 0 saturated heterocycles. The van der Waals surface area contributed by atoms with Crippen LogP contribution in [-0.4, -0.2) is 18.8 Å². The Morgan fingerprint density at radius 3 is 2.55 bits per heavy atom. The number of hydrogen-bond acceptors (Lipinski definition) is 3. The fraction of sp³-hybridized carbons (Fsp3) is 0.188. The van der Waals surface area contributed by atoms with Crippen LogP contribution in [0.3, 0.4) is 0 Å². The van der Waals surface area contributed by atoms with E-state index in [1.54, 1.807) is 11.8 Å². The van der Waals surface area contributed by atoms with Crippen molar-refractivity contribution in [3.63, 3.8) is 0 Å². The summed E-state index contributed by atoms with van der Waals surface area (Å²) >= 11 is 8.46. The number of ether oxygens (including phenoxy) is 1. The Labute approximate surface area is 151 Å². The summed E-state index contributed by atoms with van der Waals surface area (Å²) in [6.45, 7) is 0.488. The maximum atomic E-state index is 11.8. The minimum atomic E-state index is -0.149. The van der Waals surface area contributed by atoms with Gasteiger partial charge in [-0.05, 0) is 58.1 Å². The van der Waals surface area contributed by atoms with E-state index in [2.05, 4.69) is 37.2 Å². The zero-order valence-electron chi connectivity index (χ0n) is 11.9.